The van der Waals surface area contributed by atoms with Crippen LogP contribution in [0.25, 0.3) is 16.8 Å². The van der Waals surface area contributed by atoms with Crippen LogP contribution in [-0.4, -0.2) is 21.5 Å². The summed E-state index contributed by atoms with van der Waals surface area (Å²) in [6.45, 7) is 6.79. The van der Waals surface area contributed by atoms with Crippen molar-refractivity contribution in [2.45, 2.75) is 27.4 Å². The molecule has 182 valence electrons. The normalized spacial score (nSPS) is 14.8. The Morgan fingerprint density at radius 1 is 0.889 bits per heavy atom. The Bertz CT molecular complexity index is 1490. The van der Waals surface area contributed by atoms with Gasteiger partial charge in [-0.3, -0.25) is 9.47 Å². The van der Waals surface area contributed by atoms with E-state index in [1.165, 1.54) is 22.5 Å². The van der Waals surface area contributed by atoms with Crippen molar-refractivity contribution in [3.05, 3.63) is 100 Å². The first-order chi connectivity index (χ1) is 17.4. The van der Waals surface area contributed by atoms with Crippen molar-refractivity contribution >= 4 is 51.1 Å². The fraction of sp³-hybridized carbons (Fsp3) is 0.172. The first-order valence-corrected chi connectivity index (χ1v) is 13.0. The Kier molecular flexibility index (Phi) is 6.85. The molecule has 1 fully saturated rings. The minimum absolute atomic E-state index is 0.137. The number of ether oxygens (including phenoxy) is 2. The molecule has 0 saturated carbocycles. The number of thioether (sulfide) groups is 1. The van der Waals surface area contributed by atoms with Crippen LogP contribution in [0.1, 0.15) is 29.4 Å². The number of amides is 1. The quantitative estimate of drug-likeness (QED) is 0.201. The third-order valence-electron chi connectivity index (χ3n) is 5.98. The zero-order chi connectivity index (χ0) is 25.2. The molecule has 4 aromatic rings. The van der Waals surface area contributed by atoms with Gasteiger partial charge in [-0.25, -0.2) is 0 Å². The SMILES string of the molecule is CCOc1cc(/C=C2/SC(=S)N(n3c(C)ccc3C)C2=O)ccc1OCc1ccc2ccccc2c1. The lowest BCUT2D eigenvalue weighted by Crippen LogP contribution is -2.39. The fourth-order valence-electron chi connectivity index (χ4n) is 4.25. The second-order valence-corrected chi connectivity index (χ2v) is 10.2. The number of hydrogen-bond acceptors (Lipinski definition) is 5. The lowest BCUT2D eigenvalue weighted by atomic mass is 10.1. The third-order valence-corrected chi connectivity index (χ3v) is 7.26. The van der Waals surface area contributed by atoms with Crippen molar-refractivity contribution in [3.63, 3.8) is 0 Å². The van der Waals surface area contributed by atoms with Crippen molar-refractivity contribution in [1.29, 1.82) is 0 Å². The molecule has 3 aromatic carbocycles. The zero-order valence-electron chi connectivity index (χ0n) is 20.4. The van der Waals surface area contributed by atoms with E-state index in [4.69, 9.17) is 21.7 Å². The van der Waals surface area contributed by atoms with Crippen LogP contribution < -0.4 is 14.5 Å². The van der Waals surface area contributed by atoms with Crippen LogP contribution >= 0.6 is 24.0 Å². The van der Waals surface area contributed by atoms with Gasteiger partial charge in [-0.15, -0.1) is 0 Å². The zero-order valence-corrected chi connectivity index (χ0v) is 22.0. The van der Waals surface area contributed by atoms with Crippen LogP contribution in [0.4, 0.5) is 0 Å². The number of thiocarbonyl (C=S) groups is 1. The fourth-order valence-corrected chi connectivity index (χ4v) is 5.49. The Morgan fingerprint density at radius 2 is 1.64 bits per heavy atom. The second kappa shape index (κ2) is 10.2. The van der Waals surface area contributed by atoms with Crippen molar-refractivity contribution in [3.8, 4) is 11.5 Å². The number of rotatable bonds is 7. The monoisotopic (exact) mass is 514 g/mol. The van der Waals surface area contributed by atoms with Crippen LogP contribution in [0.5, 0.6) is 11.5 Å². The highest BCUT2D eigenvalue weighted by Crippen LogP contribution is 2.35. The third kappa shape index (κ3) is 4.76. The number of fused-ring (bicyclic) bond motifs is 1. The van der Waals surface area contributed by atoms with Gasteiger partial charge in [0.1, 0.15) is 6.61 Å². The highest BCUT2D eigenvalue weighted by Gasteiger charge is 2.34. The van der Waals surface area contributed by atoms with E-state index in [9.17, 15) is 4.79 Å². The van der Waals surface area contributed by atoms with Gasteiger partial charge in [-0.05, 0) is 91.3 Å². The standard InChI is InChI=1S/C29H26N2O3S2/c1-4-33-26-16-21(17-27-28(32)31(29(35)36-27)30-19(2)9-10-20(30)3)12-14-25(26)34-18-22-11-13-23-7-5-6-8-24(23)15-22/h5-17H,4,18H2,1-3H3/b27-17+. The van der Waals surface area contributed by atoms with Gasteiger partial charge in [0, 0.05) is 11.4 Å². The number of hydrogen-bond donors (Lipinski definition) is 0. The molecule has 5 rings (SSSR count). The van der Waals surface area contributed by atoms with E-state index >= 15 is 0 Å². The summed E-state index contributed by atoms with van der Waals surface area (Å²) in [5.41, 5.74) is 3.84. The Morgan fingerprint density at radius 3 is 2.39 bits per heavy atom. The molecule has 1 amide bonds. The smallest absolute Gasteiger partial charge is 0.285 e. The number of carbonyl (C=O) groups excluding carboxylic acids is 1. The molecule has 0 unspecified atom stereocenters. The van der Waals surface area contributed by atoms with Crippen molar-refractivity contribution in [2.75, 3.05) is 11.6 Å². The van der Waals surface area contributed by atoms with Crippen molar-refractivity contribution in [2.24, 2.45) is 0 Å². The predicted molar refractivity (Wildman–Crippen MR) is 151 cm³/mol. The van der Waals surface area contributed by atoms with E-state index in [0.29, 0.717) is 33.9 Å². The van der Waals surface area contributed by atoms with Gasteiger partial charge in [-0.1, -0.05) is 54.2 Å². The van der Waals surface area contributed by atoms with Crippen molar-refractivity contribution < 1.29 is 14.3 Å². The molecule has 36 heavy (non-hydrogen) atoms. The molecule has 2 heterocycles. The first-order valence-electron chi connectivity index (χ1n) is 11.7. The maximum Gasteiger partial charge on any atom is 0.285 e. The van der Waals surface area contributed by atoms with Gasteiger partial charge in [0.25, 0.3) is 5.91 Å². The number of aryl methyl sites for hydroxylation is 2. The van der Waals surface area contributed by atoms with Crippen LogP contribution in [0.2, 0.25) is 0 Å². The Hall–Kier alpha value is -3.55. The lowest BCUT2D eigenvalue weighted by molar-refractivity contribution is -0.114. The van der Waals surface area contributed by atoms with Gasteiger partial charge >= 0.3 is 0 Å². The molecular formula is C29H26N2O3S2. The van der Waals surface area contributed by atoms with E-state index in [-0.39, 0.29) is 5.91 Å². The minimum atomic E-state index is -0.137. The summed E-state index contributed by atoms with van der Waals surface area (Å²) in [4.78, 5) is 13.8. The van der Waals surface area contributed by atoms with Gasteiger partial charge in [0.05, 0.1) is 11.5 Å². The summed E-state index contributed by atoms with van der Waals surface area (Å²) in [5, 5.41) is 3.94. The molecule has 0 radical (unpaired) electrons. The van der Waals surface area contributed by atoms with Crippen molar-refractivity contribution in [1.82, 2.24) is 4.68 Å². The average Bonchev–Trinajstić information content (AvgIpc) is 3.34. The van der Waals surface area contributed by atoms with E-state index < -0.39 is 0 Å². The molecule has 0 atom stereocenters. The molecule has 0 aliphatic carbocycles. The van der Waals surface area contributed by atoms with Crippen LogP contribution in [0.3, 0.4) is 0 Å². The minimum Gasteiger partial charge on any atom is -0.490 e. The second-order valence-electron chi connectivity index (χ2n) is 8.53. The summed E-state index contributed by atoms with van der Waals surface area (Å²) >= 11 is 6.84. The molecule has 5 nitrogen and oxygen atoms in total. The van der Waals surface area contributed by atoms with E-state index in [2.05, 4.69) is 30.3 Å². The molecule has 7 heteroatoms. The molecule has 0 N–H and O–H groups in total. The van der Waals surface area contributed by atoms with Gasteiger partial charge in [0.15, 0.2) is 15.8 Å². The number of benzene rings is 3. The molecule has 1 aromatic heterocycles. The van der Waals surface area contributed by atoms with Gasteiger partial charge in [0.2, 0.25) is 0 Å². The molecule has 1 saturated heterocycles. The Labute approximate surface area is 220 Å². The highest BCUT2D eigenvalue weighted by atomic mass is 32.2. The van der Waals surface area contributed by atoms with E-state index in [1.807, 2.05) is 74.0 Å². The molecule has 1 aliphatic rings. The Balaban J connectivity index is 1.37. The van der Waals surface area contributed by atoms with Gasteiger partial charge in [-0.2, -0.15) is 5.01 Å². The lowest BCUT2D eigenvalue weighted by Gasteiger charge is -2.20. The first kappa shape index (κ1) is 24.2. The predicted octanol–water partition coefficient (Wildman–Crippen LogP) is 6.77. The maximum atomic E-state index is 13.2. The molecule has 0 bridgehead atoms. The average molecular weight is 515 g/mol. The topological polar surface area (TPSA) is 43.7 Å². The molecule has 0 spiro atoms. The number of carbonyl (C=O) groups is 1. The number of aromatic nitrogens is 1. The van der Waals surface area contributed by atoms with E-state index in [0.717, 1.165) is 22.5 Å². The number of nitrogens with zero attached hydrogens (tertiary/aromatic N) is 2. The summed E-state index contributed by atoms with van der Waals surface area (Å²) in [6.07, 6.45) is 1.85. The summed E-state index contributed by atoms with van der Waals surface area (Å²) in [5.74, 6) is 1.16. The summed E-state index contributed by atoms with van der Waals surface area (Å²) in [6, 6.07) is 24.3. The molecular weight excluding hydrogens is 488 g/mol. The summed E-state index contributed by atoms with van der Waals surface area (Å²) < 4.78 is 14.4. The van der Waals surface area contributed by atoms with Crippen LogP contribution in [0.15, 0.2) is 77.7 Å². The summed E-state index contributed by atoms with van der Waals surface area (Å²) in [7, 11) is 0. The van der Waals surface area contributed by atoms with Gasteiger partial charge < -0.3 is 9.47 Å². The van der Waals surface area contributed by atoms with Crippen LogP contribution in [-0.2, 0) is 11.4 Å². The molecule has 1 aliphatic heterocycles. The maximum absolute atomic E-state index is 13.2. The largest absolute Gasteiger partial charge is 0.490 e. The van der Waals surface area contributed by atoms with E-state index in [1.54, 1.807) is 5.01 Å². The highest BCUT2D eigenvalue weighted by molar-refractivity contribution is 8.27. The van der Waals surface area contributed by atoms with Crippen LogP contribution in [0, 0.1) is 13.8 Å².